The number of nitrogens with one attached hydrogen (secondary N) is 2. The molecule has 0 heterocycles. The van der Waals surface area contributed by atoms with Gasteiger partial charge in [-0.15, -0.1) is 0 Å². The summed E-state index contributed by atoms with van der Waals surface area (Å²) in [5, 5.41) is 5.89. The van der Waals surface area contributed by atoms with Crippen molar-refractivity contribution in [2.75, 3.05) is 0 Å². The average molecular weight is 474 g/mol. The lowest BCUT2D eigenvalue weighted by atomic mass is 9.98. The van der Waals surface area contributed by atoms with E-state index in [1.54, 1.807) is 25.7 Å². The van der Waals surface area contributed by atoms with E-state index in [2.05, 4.69) is 17.6 Å². The van der Waals surface area contributed by atoms with Gasteiger partial charge >= 0.3 is 6.09 Å². The number of rotatable bonds is 11. The van der Waals surface area contributed by atoms with E-state index in [1.165, 1.54) is 0 Å². The fraction of sp³-hybridized carbons (Fsp3) is 0.667. The van der Waals surface area contributed by atoms with Gasteiger partial charge in [-0.25, -0.2) is 4.79 Å². The second kappa shape index (κ2) is 12.2. The van der Waals surface area contributed by atoms with Gasteiger partial charge in [-0.2, -0.15) is 0 Å². The molecular weight excluding hydrogens is 430 g/mol. The summed E-state index contributed by atoms with van der Waals surface area (Å²) >= 11 is 0. The molecule has 0 bridgehead atoms. The van der Waals surface area contributed by atoms with Gasteiger partial charge in [0.25, 0.3) is 0 Å². The molecule has 2 N–H and O–H groups in total. The number of carbonyl (C=O) groups is 3. The molecule has 1 saturated carbocycles. The van der Waals surface area contributed by atoms with Gasteiger partial charge in [0.1, 0.15) is 17.7 Å². The predicted molar refractivity (Wildman–Crippen MR) is 134 cm³/mol. The first kappa shape index (κ1) is 27.7. The minimum atomic E-state index is -0.775. The summed E-state index contributed by atoms with van der Waals surface area (Å²) < 4.78 is 5.43. The highest BCUT2D eigenvalue weighted by Gasteiger charge is 2.44. The summed E-state index contributed by atoms with van der Waals surface area (Å²) in [4.78, 5) is 41.8. The maximum atomic E-state index is 14.0. The molecule has 1 aliphatic carbocycles. The molecule has 1 aromatic rings. The lowest BCUT2D eigenvalue weighted by Crippen LogP contribution is -2.54. The van der Waals surface area contributed by atoms with Gasteiger partial charge in [-0.1, -0.05) is 57.5 Å². The van der Waals surface area contributed by atoms with Crippen LogP contribution < -0.4 is 10.6 Å². The molecule has 0 saturated heterocycles. The maximum absolute atomic E-state index is 14.0. The lowest BCUT2D eigenvalue weighted by Gasteiger charge is -2.35. The number of carbonyl (C=O) groups excluding carboxylic acids is 3. The van der Waals surface area contributed by atoms with Gasteiger partial charge in [-0.3, -0.25) is 9.59 Å². The van der Waals surface area contributed by atoms with E-state index in [4.69, 9.17) is 4.74 Å². The number of ether oxygens (including phenoxy) is 1. The molecule has 7 heteroatoms. The van der Waals surface area contributed by atoms with Crippen molar-refractivity contribution >= 4 is 17.9 Å². The van der Waals surface area contributed by atoms with E-state index in [1.807, 2.05) is 51.1 Å². The zero-order chi connectivity index (χ0) is 25.5. The minimum absolute atomic E-state index is 0.00576. The molecule has 190 valence electrons. The van der Waals surface area contributed by atoms with Crippen LogP contribution >= 0.6 is 0 Å². The zero-order valence-electron chi connectivity index (χ0n) is 21.9. The van der Waals surface area contributed by atoms with Gasteiger partial charge in [0.05, 0.1) is 0 Å². The van der Waals surface area contributed by atoms with Crippen LogP contribution in [0, 0.1) is 5.92 Å². The summed E-state index contributed by atoms with van der Waals surface area (Å²) in [6.07, 6.45) is 3.33. The van der Waals surface area contributed by atoms with Crippen molar-refractivity contribution in [1.82, 2.24) is 15.5 Å². The molecule has 3 amide bonds. The first-order valence-corrected chi connectivity index (χ1v) is 12.6. The van der Waals surface area contributed by atoms with E-state index in [9.17, 15) is 14.4 Å². The van der Waals surface area contributed by atoms with Crippen LogP contribution in [0.15, 0.2) is 30.3 Å². The van der Waals surface area contributed by atoms with Crippen LogP contribution in [0.5, 0.6) is 0 Å². The van der Waals surface area contributed by atoms with Crippen molar-refractivity contribution in [3.8, 4) is 0 Å². The van der Waals surface area contributed by atoms with Crippen molar-refractivity contribution in [2.45, 2.75) is 110 Å². The molecule has 7 nitrogen and oxygen atoms in total. The third-order valence-electron chi connectivity index (χ3n) is 5.64. The molecule has 34 heavy (non-hydrogen) atoms. The normalized spacial score (nSPS) is 16.4. The predicted octanol–water partition coefficient (Wildman–Crippen LogP) is 4.96. The van der Waals surface area contributed by atoms with Crippen LogP contribution in [0.4, 0.5) is 4.79 Å². The Bertz CT molecular complexity index is 815. The number of nitrogens with zero attached hydrogens (tertiary/aromatic N) is 1. The Labute approximate surface area is 205 Å². The Morgan fingerprint density at radius 3 is 2.18 bits per heavy atom. The van der Waals surface area contributed by atoms with Crippen LogP contribution in [0.2, 0.25) is 0 Å². The molecule has 3 unspecified atom stereocenters. The Hall–Kier alpha value is -2.57. The Morgan fingerprint density at radius 1 is 1.06 bits per heavy atom. The van der Waals surface area contributed by atoms with Crippen LogP contribution in [-0.4, -0.2) is 46.5 Å². The molecule has 1 aromatic carbocycles. The summed E-state index contributed by atoms with van der Waals surface area (Å²) in [6, 6.07) is 7.87. The Morgan fingerprint density at radius 2 is 1.68 bits per heavy atom. The molecular formula is C27H43N3O4. The number of hydrogen-bond donors (Lipinski definition) is 2. The van der Waals surface area contributed by atoms with Crippen LogP contribution in [0.25, 0.3) is 0 Å². The fourth-order valence-electron chi connectivity index (χ4n) is 4.09. The van der Waals surface area contributed by atoms with Crippen LogP contribution in [-0.2, 0) is 14.3 Å². The topological polar surface area (TPSA) is 87.7 Å². The first-order valence-electron chi connectivity index (χ1n) is 12.6. The molecule has 1 aliphatic rings. The van der Waals surface area contributed by atoms with Crippen molar-refractivity contribution in [3.63, 3.8) is 0 Å². The summed E-state index contributed by atoms with van der Waals surface area (Å²) in [5.74, 6) is -0.263. The Kier molecular flexibility index (Phi) is 9.95. The first-order chi connectivity index (χ1) is 15.9. The highest BCUT2D eigenvalue weighted by molar-refractivity contribution is 5.92. The number of hydrogen-bond acceptors (Lipinski definition) is 4. The fourth-order valence-corrected chi connectivity index (χ4v) is 4.09. The molecule has 0 radical (unpaired) electrons. The molecule has 0 aromatic heterocycles. The largest absolute Gasteiger partial charge is 0.444 e. The van der Waals surface area contributed by atoms with Crippen LogP contribution in [0.1, 0.15) is 92.2 Å². The van der Waals surface area contributed by atoms with Gasteiger partial charge in [0.2, 0.25) is 11.8 Å². The standard InChI is InChI=1S/C27H43N3O4/c1-8-12-19(4)28-24(31)23(20-13-10-9-11-14-20)30(21-15-16-21)25(32)22(17-18(2)3)29-26(33)34-27(5,6)7/h9-11,13-14,18-19,21-23H,8,12,15-17H2,1-7H3,(H,28,31)(H,29,33). The van der Waals surface area contributed by atoms with E-state index in [-0.39, 0.29) is 29.8 Å². The van der Waals surface area contributed by atoms with Crippen molar-refractivity contribution < 1.29 is 19.1 Å². The third kappa shape index (κ3) is 8.65. The van der Waals surface area contributed by atoms with Gasteiger partial charge in [-0.05, 0) is 64.9 Å². The van der Waals surface area contributed by atoms with E-state index >= 15 is 0 Å². The lowest BCUT2D eigenvalue weighted by molar-refractivity contribution is -0.143. The van der Waals surface area contributed by atoms with Crippen LogP contribution in [0.3, 0.4) is 0 Å². The van der Waals surface area contributed by atoms with E-state index < -0.39 is 23.8 Å². The highest BCUT2D eigenvalue weighted by Crippen LogP contribution is 2.36. The minimum Gasteiger partial charge on any atom is -0.444 e. The maximum Gasteiger partial charge on any atom is 0.408 e. The van der Waals surface area contributed by atoms with Crippen molar-refractivity contribution in [1.29, 1.82) is 0 Å². The number of benzene rings is 1. The summed E-state index contributed by atoms with van der Waals surface area (Å²) in [7, 11) is 0. The van der Waals surface area contributed by atoms with Crippen molar-refractivity contribution in [2.24, 2.45) is 5.92 Å². The number of alkyl carbamates (subject to hydrolysis) is 1. The molecule has 2 rings (SSSR count). The quantitative estimate of drug-likeness (QED) is 0.475. The summed E-state index contributed by atoms with van der Waals surface area (Å²) in [5.41, 5.74) is 0.0950. The molecule has 0 aliphatic heterocycles. The van der Waals surface area contributed by atoms with Gasteiger partial charge in [0, 0.05) is 12.1 Å². The third-order valence-corrected chi connectivity index (χ3v) is 5.64. The smallest absolute Gasteiger partial charge is 0.408 e. The SMILES string of the molecule is CCCC(C)NC(=O)C(c1ccccc1)N(C(=O)C(CC(C)C)NC(=O)OC(C)(C)C)C1CC1. The summed E-state index contributed by atoms with van der Waals surface area (Å²) in [6.45, 7) is 13.4. The number of amides is 3. The molecule has 0 spiro atoms. The second-order valence-corrected chi connectivity index (χ2v) is 10.8. The van der Waals surface area contributed by atoms with Gasteiger partial charge < -0.3 is 20.3 Å². The zero-order valence-corrected chi connectivity index (χ0v) is 21.9. The second-order valence-electron chi connectivity index (χ2n) is 10.8. The average Bonchev–Trinajstić information content (AvgIpc) is 3.54. The highest BCUT2D eigenvalue weighted by atomic mass is 16.6. The molecule has 3 atom stereocenters. The van der Waals surface area contributed by atoms with Gasteiger partial charge in [0.15, 0.2) is 0 Å². The van der Waals surface area contributed by atoms with Crippen molar-refractivity contribution in [3.05, 3.63) is 35.9 Å². The molecule has 1 fully saturated rings. The monoisotopic (exact) mass is 473 g/mol. The Balaban J connectivity index is 2.38. The van der Waals surface area contributed by atoms with E-state index in [0.29, 0.717) is 6.42 Å². The van der Waals surface area contributed by atoms with E-state index in [0.717, 1.165) is 31.2 Å².